The van der Waals surface area contributed by atoms with Gasteiger partial charge in [-0.2, -0.15) is 5.10 Å². The Morgan fingerprint density at radius 2 is 2.19 bits per heavy atom. The van der Waals surface area contributed by atoms with Crippen LogP contribution in [0.5, 0.6) is 0 Å². The standard InChI is InChI=1S/C10H12FN5/c1-6-3-8(16(2)15-6)10-9(11)7(4-12)13-5-14-10/h3,5H,4,12H2,1-2H3. The van der Waals surface area contributed by atoms with Gasteiger partial charge in [-0.15, -0.1) is 0 Å². The molecule has 0 saturated carbocycles. The van der Waals surface area contributed by atoms with Crippen LogP contribution in [0.3, 0.4) is 0 Å². The van der Waals surface area contributed by atoms with E-state index in [2.05, 4.69) is 15.1 Å². The Morgan fingerprint density at radius 1 is 1.44 bits per heavy atom. The van der Waals surface area contributed by atoms with E-state index in [4.69, 9.17) is 5.73 Å². The summed E-state index contributed by atoms with van der Waals surface area (Å²) in [7, 11) is 1.74. The molecule has 6 heteroatoms. The zero-order chi connectivity index (χ0) is 11.7. The Morgan fingerprint density at radius 3 is 2.75 bits per heavy atom. The second-order valence-corrected chi connectivity index (χ2v) is 3.48. The Labute approximate surface area is 92.1 Å². The largest absolute Gasteiger partial charge is 0.325 e. The van der Waals surface area contributed by atoms with Gasteiger partial charge in [-0.25, -0.2) is 14.4 Å². The van der Waals surface area contributed by atoms with Gasteiger partial charge in [0, 0.05) is 13.6 Å². The molecule has 0 aliphatic rings. The fourth-order valence-corrected chi connectivity index (χ4v) is 1.56. The third kappa shape index (κ3) is 1.67. The number of hydrogen-bond donors (Lipinski definition) is 1. The average molecular weight is 221 g/mol. The second kappa shape index (κ2) is 3.97. The minimum Gasteiger partial charge on any atom is -0.325 e. The highest BCUT2D eigenvalue weighted by atomic mass is 19.1. The first-order valence-electron chi connectivity index (χ1n) is 4.84. The Kier molecular flexibility index (Phi) is 2.66. The van der Waals surface area contributed by atoms with Crippen molar-refractivity contribution in [1.82, 2.24) is 19.7 Å². The van der Waals surface area contributed by atoms with Gasteiger partial charge in [0.1, 0.15) is 12.0 Å². The Bertz CT molecular complexity index is 520. The number of nitrogens with two attached hydrogens (primary N) is 1. The summed E-state index contributed by atoms with van der Waals surface area (Å²) >= 11 is 0. The number of rotatable bonds is 2. The molecule has 2 aromatic heterocycles. The molecule has 2 rings (SSSR count). The van der Waals surface area contributed by atoms with Gasteiger partial charge in [0.25, 0.3) is 0 Å². The van der Waals surface area contributed by atoms with Crippen molar-refractivity contribution in [3.8, 4) is 11.4 Å². The molecule has 2 heterocycles. The number of hydrogen-bond acceptors (Lipinski definition) is 4. The summed E-state index contributed by atoms with van der Waals surface area (Å²) < 4.78 is 15.5. The predicted molar refractivity (Wildman–Crippen MR) is 56.8 cm³/mol. The lowest BCUT2D eigenvalue weighted by Gasteiger charge is -2.04. The maximum Gasteiger partial charge on any atom is 0.173 e. The van der Waals surface area contributed by atoms with Crippen LogP contribution in [0.15, 0.2) is 12.4 Å². The lowest BCUT2D eigenvalue weighted by Crippen LogP contribution is -2.07. The molecule has 0 spiro atoms. The Hall–Kier alpha value is -1.82. The van der Waals surface area contributed by atoms with Crippen molar-refractivity contribution in [2.75, 3.05) is 0 Å². The van der Waals surface area contributed by atoms with Gasteiger partial charge >= 0.3 is 0 Å². The SMILES string of the molecule is Cc1cc(-c2ncnc(CN)c2F)n(C)n1. The summed E-state index contributed by atoms with van der Waals surface area (Å²) in [6.45, 7) is 1.89. The van der Waals surface area contributed by atoms with Gasteiger partial charge < -0.3 is 5.73 Å². The van der Waals surface area contributed by atoms with Crippen molar-refractivity contribution in [1.29, 1.82) is 0 Å². The van der Waals surface area contributed by atoms with Gasteiger partial charge in [-0.1, -0.05) is 0 Å². The van der Waals surface area contributed by atoms with Gasteiger partial charge in [0.2, 0.25) is 0 Å². The zero-order valence-electron chi connectivity index (χ0n) is 9.11. The van der Waals surface area contributed by atoms with E-state index in [9.17, 15) is 4.39 Å². The van der Waals surface area contributed by atoms with E-state index in [1.807, 2.05) is 6.92 Å². The van der Waals surface area contributed by atoms with Gasteiger partial charge in [-0.3, -0.25) is 4.68 Å². The van der Waals surface area contributed by atoms with Crippen molar-refractivity contribution >= 4 is 0 Å². The molecule has 16 heavy (non-hydrogen) atoms. The van der Waals surface area contributed by atoms with E-state index in [1.165, 1.54) is 6.33 Å². The number of aryl methyl sites for hydroxylation is 2. The average Bonchev–Trinajstić information content (AvgIpc) is 2.58. The fraction of sp³-hybridized carbons (Fsp3) is 0.300. The number of aromatic nitrogens is 4. The second-order valence-electron chi connectivity index (χ2n) is 3.48. The van der Waals surface area contributed by atoms with E-state index in [0.29, 0.717) is 5.69 Å². The quantitative estimate of drug-likeness (QED) is 0.813. The van der Waals surface area contributed by atoms with Crippen LogP contribution >= 0.6 is 0 Å². The molecular weight excluding hydrogens is 209 g/mol. The van der Waals surface area contributed by atoms with Crippen molar-refractivity contribution in [2.45, 2.75) is 13.5 Å². The minimum atomic E-state index is -0.479. The highest BCUT2D eigenvalue weighted by Gasteiger charge is 2.15. The van der Waals surface area contributed by atoms with Crippen LogP contribution in [0, 0.1) is 12.7 Å². The summed E-state index contributed by atoms with van der Waals surface area (Å²) in [6.07, 6.45) is 1.31. The smallest absolute Gasteiger partial charge is 0.173 e. The highest BCUT2D eigenvalue weighted by Crippen LogP contribution is 2.21. The molecule has 0 bridgehead atoms. The Balaban J connectivity index is 2.60. The summed E-state index contributed by atoms with van der Waals surface area (Å²) in [5, 5.41) is 4.14. The molecule has 0 radical (unpaired) electrons. The van der Waals surface area contributed by atoms with E-state index in [1.54, 1.807) is 17.8 Å². The van der Waals surface area contributed by atoms with Crippen molar-refractivity contribution in [2.24, 2.45) is 12.8 Å². The van der Waals surface area contributed by atoms with Crippen LogP contribution in [0.4, 0.5) is 4.39 Å². The first kappa shape index (κ1) is 10.7. The molecule has 0 aromatic carbocycles. The van der Waals surface area contributed by atoms with Crippen molar-refractivity contribution in [3.05, 3.63) is 29.6 Å². The molecular formula is C10H12FN5. The first-order valence-corrected chi connectivity index (χ1v) is 4.84. The molecule has 0 fully saturated rings. The lowest BCUT2D eigenvalue weighted by molar-refractivity contribution is 0.592. The monoisotopic (exact) mass is 221 g/mol. The third-order valence-electron chi connectivity index (χ3n) is 2.30. The number of halogens is 1. The van der Waals surface area contributed by atoms with Crippen molar-refractivity contribution in [3.63, 3.8) is 0 Å². The van der Waals surface area contributed by atoms with Gasteiger partial charge in [0.05, 0.1) is 17.1 Å². The molecule has 0 unspecified atom stereocenters. The zero-order valence-corrected chi connectivity index (χ0v) is 9.11. The lowest BCUT2D eigenvalue weighted by atomic mass is 10.2. The normalized spacial score (nSPS) is 10.8. The molecule has 5 nitrogen and oxygen atoms in total. The third-order valence-corrected chi connectivity index (χ3v) is 2.30. The van der Waals surface area contributed by atoms with Gasteiger partial charge in [0.15, 0.2) is 5.82 Å². The van der Waals surface area contributed by atoms with Crippen LogP contribution in [-0.2, 0) is 13.6 Å². The first-order chi connectivity index (χ1) is 7.63. The fourth-order valence-electron chi connectivity index (χ4n) is 1.56. The molecule has 0 aliphatic carbocycles. The van der Waals surface area contributed by atoms with Crippen LogP contribution in [0.1, 0.15) is 11.4 Å². The van der Waals surface area contributed by atoms with E-state index in [-0.39, 0.29) is 17.9 Å². The highest BCUT2D eigenvalue weighted by molar-refractivity contribution is 5.56. The molecule has 0 saturated heterocycles. The van der Waals surface area contributed by atoms with Crippen molar-refractivity contribution < 1.29 is 4.39 Å². The number of nitrogens with zero attached hydrogens (tertiary/aromatic N) is 4. The summed E-state index contributed by atoms with van der Waals surface area (Å²) in [6, 6.07) is 1.77. The molecule has 84 valence electrons. The topological polar surface area (TPSA) is 69.6 Å². The maximum absolute atomic E-state index is 13.9. The maximum atomic E-state index is 13.9. The summed E-state index contributed by atoms with van der Waals surface area (Å²) in [5.74, 6) is -0.479. The van der Waals surface area contributed by atoms with Crippen LogP contribution < -0.4 is 5.73 Å². The summed E-state index contributed by atoms with van der Waals surface area (Å²) in [4.78, 5) is 7.71. The van der Waals surface area contributed by atoms with E-state index < -0.39 is 5.82 Å². The van der Waals surface area contributed by atoms with Crippen LogP contribution in [-0.4, -0.2) is 19.7 Å². The summed E-state index contributed by atoms with van der Waals surface area (Å²) in [5.41, 5.74) is 7.26. The molecule has 2 aromatic rings. The van der Waals surface area contributed by atoms with E-state index >= 15 is 0 Å². The predicted octanol–water partition coefficient (Wildman–Crippen LogP) is 0.783. The molecule has 0 amide bonds. The van der Waals surface area contributed by atoms with E-state index in [0.717, 1.165) is 5.69 Å². The molecule has 0 atom stereocenters. The van der Waals surface area contributed by atoms with Crippen LogP contribution in [0.2, 0.25) is 0 Å². The van der Waals surface area contributed by atoms with Gasteiger partial charge in [-0.05, 0) is 13.0 Å². The molecule has 0 aliphatic heterocycles. The molecule has 2 N–H and O–H groups in total. The minimum absolute atomic E-state index is 0.0538. The van der Waals surface area contributed by atoms with Crippen LogP contribution in [0.25, 0.3) is 11.4 Å².